The van der Waals surface area contributed by atoms with Gasteiger partial charge in [-0.1, -0.05) is 48.9 Å². The molecule has 1 saturated heterocycles. The summed E-state index contributed by atoms with van der Waals surface area (Å²) in [7, 11) is 0. The second kappa shape index (κ2) is 8.00. The molecule has 1 heterocycles. The summed E-state index contributed by atoms with van der Waals surface area (Å²) in [5.74, 6) is 1.18. The quantitative estimate of drug-likeness (QED) is 0.829. The van der Waals surface area contributed by atoms with Gasteiger partial charge in [-0.3, -0.25) is 4.79 Å². The molecule has 0 radical (unpaired) electrons. The van der Waals surface area contributed by atoms with Crippen LogP contribution in [0, 0.1) is 0 Å². The second-order valence-corrected chi connectivity index (χ2v) is 6.28. The molecule has 1 aliphatic rings. The van der Waals surface area contributed by atoms with Crippen molar-refractivity contribution in [2.45, 2.75) is 32.1 Å². The number of nitrogens with zero attached hydrogens (tertiary/aromatic N) is 1. The van der Waals surface area contributed by atoms with Gasteiger partial charge in [0, 0.05) is 19.0 Å². The highest BCUT2D eigenvalue weighted by Crippen LogP contribution is 2.28. The zero-order valence-electron chi connectivity index (χ0n) is 14.3. The summed E-state index contributed by atoms with van der Waals surface area (Å²) in [6, 6.07) is 18.1. The zero-order chi connectivity index (χ0) is 16.8. The Kier molecular flexibility index (Phi) is 5.52. The van der Waals surface area contributed by atoms with E-state index in [0.29, 0.717) is 23.8 Å². The number of carbonyl (C=O) groups is 1. The molecule has 1 atom stereocenters. The van der Waals surface area contributed by atoms with Crippen molar-refractivity contribution in [3.8, 4) is 5.75 Å². The van der Waals surface area contributed by atoms with E-state index in [1.165, 1.54) is 5.56 Å². The number of benzene rings is 2. The molecule has 1 amide bonds. The van der Waals surface area contributed by atoms with E-state index in [-0.39, 0.29) is 5.91 Å². The molecule has 0 aromatic heterocycles. The van der Waals surface area contributed by atoms with Gasteiger partial charge in [0.25, 0.3) is 5.91 Å². The molecule has 3 rings (SSSR count). The van der Waals surface area contributed by atoms with Gasteiger partial charge in [-0.25, -0.2) is 0 Å². The van der Waals surface area contributed by atoms with E-state index >= 15 is 0 Å². The number of amides is 1. The van der Waals surface area contributed by atoms with E-state index in [1.807, 2.05) is 42.2 Å². The van der Waals surface area contributed by atoms with Crippen LogP contribution < -0.4 is 4.74 Å². The number of likely N-dealkylation sites (tertiary alicyclic amines) is 1. The van der Waals surface area contributed by atoms with Crippen LogP contribution in [0.25, 0.3) is 0 Å². The van der Waals surface area contributed by atoms with Gasteiger partial charge < -0.3 is 9.64 Å². The van der Waals surface area contributed by atoms with Crippen LogP contribution in [0.5, 0.6) is 5.75 Å². The molecule has 0 saturated carbocycles. The van der Waals surface area contributed by atoms with Crippen LogP contribution in [0.3, 0.4) is 0 Å². The average Bonchev–Trinajstić information content (AvgIpc) is 2.89. The first-order chi connectivity index (χ1) is 11.8. The predicted octanol–water partition coefficient (Wildman–Crippen LogP) is 4.50. The molecule has 3 nitrogen and oxygen atoms in total. The average molecular weight is 323 g/mol. The fourth-order valence-electron chi connectivity index (χ4n) is 3.42. The standard InChI is InChI=1S/C21H25NO2/c1-2-24-20-14-7-6-13-19(20)21(23)22-15-9-8-12-18(16-22)17-10-4-3-5-11-17/h3-7,10-11,13-14,18H,2,8-9,12,15-16H2,1H3. The number of carbonyl (C=O) groups excluding carboxylic acids is 1. The van der Waals surface area contributed by atoms with E-state index in [4.69, 9.17) is 4.74 Å². The minimum absolute atomic E-state index is 0.0851. The normalized spacial score (nSPS) is 18.0. The maximum atomic E-state index is 13.1. The summed E-state index contributed by atoms with van der Waals surface area (Å²) in [4.78, 5) is 15.1. The summed E-state index contributed by atoms with van der Waals surface area (Å²) in [6.45, 7) is 4.11. The number of para-hydroxylation sites is 1. The van der Waals surface area contributed by atoms with Crippen molar-refractivity contribution in [3.05, 3.63) is 65.7 Å². The minimum Gasteiger partial charge on any atom is -0.493 e. The van der Waals surface area contributed by atoms with Crippen LogP contribution in [0.2, 0.25) is 0 Å². The monoisotopic (exact) mass is 323 g/mol. The van der Waals surface area contributed by atoms with Gasteiger partial charge in [0.15, 0.2) is 0 Å². The third kappa shape index (κ3) is 3.78. The lowest BCUT2D eigenvalue weighted by Crippen LogP contribution is -2.34. The SMILES string of the molecule is CCOc1ccccc1C(=O)N1CCCCC(c2ccccc2)C1. The Morgan fingerprint density at radius 3 is 2.62 bits per heavy atom. The second-order valence-electron chi connectivity index (χ2n) is 6.28. The Labute approximate surface area is 144 Å². The first-order valence-electron chi connectivity index (χ1n) is 8.85. The molecule has 1 fully saturated rings. The fraction of sp³-hybridized carbons (Fsp3) is 0.381. The van der Waals surface area contributed by atoms with Gasteiger partial charge in [-0.05, 0) is 37.5 Å². The van der Waals surface area contributed by atoms with E-state index in [0.717, 1.165) is 32.4 Å². The maximum Gasteiger partial charge on any atom is 0.257 e. The summed E-state index contributed by atoms with van der Waals surface area (Å²) in [5.41, 5.74) is 2.00. The molecule has 0 N–H and O–H groups in total. The summed E-state index contributed by atoms with van der Waals surface area (Å²) < 4.78 is 5.64. The van der Waals surface area contributed by atoms with Crippen molar-refractivity contribution >= 4 is 5.91 Å². The molecule has 2 aromatic carbocycles. The van der Waals surface area contributed by atoms with Crippen LogP contribution in [-0.4, -0.2) is 30.5 Å². The molecule has 2 aromatic rings. The van der Waals surface area contributed by atoms with E-state index in [1.54, 1.807) is 0 Å². The summed E-state index contributed by atoms with van der Waals surface area (Å²) in [6.07, 6.45) is 3.36. The van der Waals surface area contributed by atoms with Crippen molar-refractivity contribution in [3.63, 3.8) is 0 Å². The summed E-state index contributed by atoms with van der Waals surface area (Å²) >= 11 is 0. The molecule has 0 aliphatic carbocycles. The minimum atomic E-state index is 0.0851. The predicted molar refractivity (Wildman–Crippen MR) is 96.5 cm³/mol. The Balaban J connectivity index is 1.81. The number of hydrogen-bond donors (Lipinski definition) is 0. The van der Waals surface area contributed by atoms with Crippen molar-refractivity contribution in [1.82, 2.24) is 4.90 Å². The van der Waals surface area contributed by atoms with Gasteiger partial charge in [0.2, 0.25) is 0 Å². The van der Waals surface area contributed by atoms with Crippen molar-refractivity contribution in [1.29, 1.82) is 0 Å². The number of ether oxygens (including phenoxy) is 1. The maximum absolute atomic E-state index is 13.1. The largest absolute Gasteiger partial charge is 0.493 e. The van der Waals surface area contributed by atoms with Crippen LogP contribution in [-0.2, 0) is 0 Å². The third-order valence-corrected chi connectivity index (χ3v) is 4.65. The van der Waals surface area contributed by atoms with Gasteiger partial charge in [-0.15, -0.1) is 0 Å². The molecular weight excluding hydrogens is 298 g/mol. The fourth-order valence-corrected chi connectivity index (χ4v) is 3.42. The highest BCUT2D eigenvalue weighted by atomic mass is 16.5. The van der Waals surface area contributed by atoms with Crippen LogP contribution in [0.1, 0.15) is 48.0 Å². The van der Waals surface area contributed by atoms with Crippen molar-refractivity contribution in [2.75, 3.05) is 19.7 Å². The first kappa shape index (κ1) is 16.6. The lowest BCUT2D eigenvalue weighted by atomic mass is 9.94. The lowest BCUT2D eigenvalue weighted by molar-refractivity contribution is 0.0750. The lowest BCUT2D eigenvalue weighted by Gasteiger charge is -2.25. The highest BCUT2D eigenvalue weighted by molar-refractivity contribution is 5.97. The van der Waals surface area contributed by atoms with Crippen LogP contribution >= 0.6 is 0 Å². The molecule has 24 heavy (non-hydrogen) atoms. The number of hydrogen-bond acceptors (Lipinski definition) is 2. The van der Waals surface area contributed by atoms with Gasteiger partial charge >= 0.3 is 0 Å². The summed E-state index contributed by atoms with van der Waals surface area (Å²) in [5, 5.41) is 0. The smallest absolute Gasteiger partial charge is 0.257 e. The van der Waals surface area contributed by atoms with E-state index < -0.39 is 0 Å². The molecule has 1 aliphatic heterocycles. The Morgan fingerprint density at radius 2 is 1.83 bits per heavy atom. The van der Waals surface area contributed by atoms with E-state index in [9.17, 15) is 4.79 Å². The van der Waals surface area contributed by atoms with E-state index in [2.05, 4.69) is 24.3 Å². The highest BCUT2D eigenvalue weighted by Gasteiger charge is 2.25. The van der Waals surface area contributed by atoms with Gasteiger partial charge in [-0.2, -0.15) is 0 Å². The van der Waals surface area contributed by atoms with Gasteiger partial charge in [0.1, 0.15) is 5.75 Å². The Bertz CT molecular complexity index is 669. The van der Waals surface area contributed by atoms with Crippen molar-refractivity contribution in [2.24, 2.45) is 0 Å². The van der Waals surface area contributed by atoms with Crippen molar-refractivity contribution < 1.29 is 9.53 Å². The molecular formula is C21H25NO2. The van der Waals surface area contributed by atoms with Crippen LogP contribution in [0.15, 0.2) is 54.6 Å². The molecule has 3 heteroatoms. The molecule has 0 spiro atoms. The van der Waals surface area contributed by atoms with Gasteiger partial charge in [0.05, 0.1) is 12.2 Å². The molecule has 126 valence electrons. The third-order valence-electron chi connectivity index (χ3n) is 4.65. The molecule has 0 bridgehead atoms. The van der Waals surface area contributed by atoms with Crippen LogP contribution in [0.4, 0.5) is 0 Å². The Hall–Kier alpha value is -2.29. The Morgan fingerprint density at radius 1 is 1.08 bits per heavy atom. The number of rotatable bonds is 4. The molecule has 1 unspecified atom stereocenters. The zero-order valence-corrected chi connectivity index (χ0v) is 14.3. The first-order valence-corrected chi connectivity index (χ1v) is 8.85. The topological polar surface area (TPSA) is 29.5 Å².